The number of para-hydroxylation sites is 1. The van der Waals surface area contributed by atoms with E-state index in [1.165, 1.54) is 24.4 Å². The maximum Gasteiger partial charge on any atom is 0.347 e. The fourth-order valence-electron chi connectivity index (χ4n) is 3.95. The SMILES string of the molecule is CCOC(=O)c1c(OC)ccnc1O[C@@H]1CC[C@@H](C)N(C(=O)c2ccccc2-n2ncnn2)C1. The Hall–Kier alpha value is -4.02. The second-order valence-electron chi connectivity index (χ2n) is 7.78. The molecular weight excluding hydrogens is 440 g/mol. The van der Waals surface area contributed by atoms with Gasteiger partial charge in [0.05, 0.1) is 25.8 Å². The van der Waals surface area contributed by atoms with Gasteiger partial charge in [-0.15, -0.1) is 15.0 Å². The van der Waals surface area contributed by atoms with Gasteiger partial charge in [-0.05, 0) is 50.1 Å². The second-order valence-corrected chi connectivity index (χ2v) is 7.78. The molecule has 1 aromatic carbocycles. The van der Waals surface area contributed by atoms with E-state index in [2.05, 4.69) is 20.4 Å². The molecule has 0 radical (unpaired) electrons. The smallest absolute Gasteiger partial charge is 0.347 e. The van der Waals surface area contributed by atoms with E-state index in [0.717, 1.165) is 6.42 Å². The van der Waals surface area contributed by atoms with Crippen LogP contribution in [0.25, 0.3) is 5.69 Å². The lowest BCUT2D eigenvalue weighted by molar-refractivity contribution is 0.0350. The van der Waals surface area contributed by atoms with Gasteiger partial charge >= 0.3 is 5.97 Å². The molecule has 3 heterocycles. The standard InChI is InChI=1S/C23H26N6O5/c1-4-33-23(31)20-19(32-3)11-12-24-21(20)34-16-10-9-15(2)28(13-16)22(30)17-7-5-6-8-18(17)29-26-14-25-27-29/h5-8,11-12,14-16H,4,9-10,13H2,1-3H3/t15-,16-/m1/s1. The Morgan fingerprint density at radius 1 is 1.18 bits per heavy atom. The first-order chi connectivity index (χ1) is 16.5. The number of aromatic nitrogens is 5. The molecule has 0 bridgehead atoms. The van der Waals surface area contributed by atoms with Gasteiger partial charge in [-0.2, -0.15) is 0 Å². The number of carbonyl (C=O) groups is 2. The van der Waals surface area contributed by atoms with Crippen molar-refractivity contribution in [1.82, 2.24) is 30.1 Å². The highest BCUT2D eigenvalue weighted by molar-refractivity contribution is 5.98. The van der Waals surface area contributed by atoms with Gasteiger partial charge in [-0.3, -0.25) is 4.79 Å². The number of ether oxygens (including phenoxy) is 3. The van der Waals surface area contributed by atoms with Gasteiger partial charge in [0.25, 0.3) is 5.91 Å². The number of nitrogens with zero attached hydrogens (tertiary/aromatic N) is 6. The summed E-state index contributed by atoms with van der Waals surface area (Å²) in [5, 5.41) is 11.7. The molecule has 0 aliphatic carbocycles. The molecule has 0 spiro atoms. The summed E-state index contributed by atoms with van der Waals surface area (Å²) < 4.78 is 16.6. The molecule has 178 valence electrons. The zero-order chi connectivity index (χ0) is 24.1. The summed E-state index contributed by atoms with van der Waals surface area (Å²) in [5.41, 5.74) is 1.13. The van der Waals surface area contributed by atoms with E-state index in [0.29, 0.717) is 30.0 Å². The lowest BCUT2D eigenvalue weighted by Crippen LogP contribution is -2.49. The van der Waals surface area contributed by atoms with Gasteiger partial charge in [0.15, 0.2) is 11.9 Å². The van der Waals surface area contributed by atoms with Crippen LogP contribution in [0.3, 0.4) is 0 Å². The number of likely N-dealkylation sites (tertiary alicyclic amines) is 1. The summed E-state index contributed by atoms with van der Waals surface area (Å²) >= 11 is 0. The third-order valence-electron chi connectivity index (χ3n) is 5.65. The number of pyridine rings is 1. The summed E-state index contributed by atoms with van der Waals surface area (Å²) in [6.07, 6.45) is 3.87. The Morgan fingerprint density at radius 2 is 2.00 bits per heavy atom. The third-order valence-corrected chi connectivity index (χ3v) is 5.65. The Morgan fingerprint density at radius 3 is 2.74 bits per heavy atom. The Balaban J connectivity index is 1.58. The van der Waals surface area contributed by atoms with Crippen molar-refractivity contribution in [2.75, 3.05) is 20.3 Å². The average molecular weight is 466 g/mol. The molecule has 1 amide bonds. The monoisotopic (exact) mass is 466 g/mol. The van der Waals surface area contributed by atoms with Crippen molar-refractivity contribution in [2.24, 2.45) is 0 Å². The van der Waals surface area contributed by atoms with Gasteiger partial charge in [0.2, 0.25) is 5.88 Å². The number of tetrazole rings is 1. The molecule has 1 saturated heterocycles. The molecule has 11 heteroatoms. The quantitative estimate of drug-likeness (QED) is 0.483. The highest BCUT2D eigenvalue weighted by Gasteiger charge is 2.33. The van der Waals surface area contributed by atoms with Gasteiger partial charge in [0, 0.05) is 12.2 Å². The molecule has 2 atom stereocenters. The van der Waals surface area contributed by atoms with Crippen LogP contribution in [0.4, 0.5) is 0 Å². The van der Waals surface area contributed by atoms with E-state index in [4.69, 9.17) is 14.2 Å². The summed E-state index contributed by atoms with van der Waals surface area (Å²) in [7, 11) is 1.46. The molecule has 0 N–H and O–H groups in total. The normalized spacial score (nSPS) is 17.8. The van der Waals surface area contributed by atoms with Crippen molar-refractivity contribution in [3.05, 3.63) is 54.0 Å². The molecule has 0 saturated carbocycles. The van der Waals surface area contributed by atoms with Crippen molar-refractivity contribution >= 4 is 11.9 Å². The van der Waals surface area contributed by atoms with Crippen LogP contribution in [0.15, 0.2) is 42.9 Å². The van der Waals surface area contributed by atoms with Crippen LogP contribution in [-0.2, 0) is 4.74 Å². The van der Waals surface area contributed by atoms with Crippen LogP contribution in [0, 0.1) is 0 Å². The van der Waals surface area contributed by atoms with E-state index >= 15 is 0 Å². The van der Waals surface area contributed by atoms with E-state index in [9.17, 15) is 9.59 Å². The summed E-state index contributed by atoms with van der Waals surface area (Å²) in [6, 6.07) is 8.68. The zero-order valence-electron chi connectivity index (χ0n) is 19.2. The minimum Gasteiger partial charge on any atom is -0.496 e. The van der Waals surface area contributed by atoms with Crippen molar-refractivity contribution in [3.63, 3.8) is 0 Å². The Labute approximate surface area is 196 Å². The summed E-state index contributed by atoms with van der Waals surface area (Å²) in [5.74, 6) is -0.307. The van der Waals surface area contributed by atoms with Gasteiger partial charge in [0.1, 0.15) is 17.5 Å². The number of hydrogen-bond acceptors (Lipinski definition) is 9. The van der Waals surface area contributed by atoms with Crippen molar-refractivity contribution < 1.29 is 23.8 Å². The number of carbonyl (C=O) groups excluding carboxylic acids is 2. The maximum atomic E-state index is 13.6. The number of hydrogen-bond donors (Lipinski definition) is 0. The van der Waals surface area contributed by atoms with Crippen LogP contribution in [-0.4, -0.2) is 74.4 Å². The molecule has 34 heavy (non-hydrogen) atoms. The predicted molar refractivity (Wildman–Crippen MR) is 120 cm³/mol. The number of piperidine rings is 1. The number of methoxy groups -OCH3 is 1. The third kappa shape index (κ3) is 4.68. The molecular formula is C23H26N6O5. The maximum absolute atomic E-state index is 13.6. The lowest BCUT2D eigenvalue weighted by Gasteiger charge is -2.38. The second kappa shape index (κ2) is 10.3. The predicted octanol–water partition coefficient (Wildman–Crippen LogP) is 2.31. The van der Waals surface area contributed by atoms with E-state index < -0.39 is 5.97 Å². The molecule has 2 aromatic heterocycles. The number of benzene rings is 1. The minimum absolute atomic E-state index is 0.00749. The minimum atomic E-state index is -0.575. The van der Waals surface area contributed by atoms with E-state index in [1.54, 1.807) is 36.1 Å². The van der Waals surface area contributed by atoms with Crippen LogP contribution in [0.5, 0.6) is 11.6 Å². The van der Waals surface area contributed by atoms with Crippen LogP contribution >= 0.6 is 0 Å². The highest BCUT2D eigenvalue weighted by atomic mass is 16.5. The number of amides is 1. The first-order valence-electron chi connectivity index (χ1n) is 11.0. The Bertz CT molecular complexity index is 1150. The average Bonchev–Trinajstić information content (AvgIpc) is 3.39. The largest absolute Gasteiger partial charge is 0.496 e. The van der Waals surface area contributed by atoms with Crippen LogP contribution < -0.4 is 9.47 Å². The first kappa shape index (κ1) is 23.1. The van der Waals surface area contributed by atoms with Gasteiger partial charge < -0.3 is 19.1 Å². The van der Waals surface area contributed by atoms with Gasteiger partial charge in [-0.25, -0.2) is 9.78 Å². The van der Waals surface area contributed by atoms with Crippen molar-refractivity contribution in [2.45, 2.75) is 38.8 Å². The number of rotatable bonds is 7. The molecule has 11 nitrogen and oxygen atoms in total. The first-order valence-corrected chi connectivity index (χ1v) is 11.0. The zero-order valence-corrected chi connectivity index (χ0v) is 19.2. The number of esters is 1. The fraction of sp³-hybridized carbons (Fsp3) is 0.391. The molecule has 1 fully saturated rings. The molecule has 1 aliphatic rings. The van der Waals surface area contributed by atoms with E-state index in [-0.39, 0.29) is 36.1 Å². The van der Waals surface area contributed by atoms with Crippen LogP contribution in [0.2, 0.25) is 0 Å². The molecule has 0 unspecified atom stereocenters. The molecule has 3 aromatic rings. The van der Waals surface area contributed by atoms with Crippen molar-refractivity contribution in [3.8, 4) is 17.3 Å². The summed E-state index contributed by atoms with van der Waals surface area (Å²) in [6.45, 7) is 4.25. The van der Waals surface area contributed by atoms with Crippen molar-refractivity contribution in [1.29, 1.82) is 0 Å². The summed E-state index contributed by atoms with van der Waals surface area (Å²) in [4.78, 5) is 33.4. The topological polar surface area (TPSA) is 122 Å². The van der Waals surface area contributed by atoms with Crippen LogP contribution in [0.1, 0.15) is 47.4 Å². The van der Waals surface area contributed by atoms with E-state index in [1.807, 2.05) is 13.0 Å². The molecule has 1 aliphatic heterocycles. The Kier molecular flexibility index (Phi) is 7.00. The highest BCUT2D eigenvalue weighted by Crippen LogP contribution is 2.30. The van der Waals surface area contributed by atoms with Gasteiger partial charge in [-0.1, -0.05) is 12.1 Å². The fourth-order valence-corrected chi connectivity index (χ4v) is 3.95. The molecule has 4 rings (SSSR count). The lowest BCUT2D eigenvalue weighted by atomic mass is 9.99.